The monoisotopic (exact) mass is 330 g/mol. The van der Waals surface area contributed by atoms with Crippen molar-refractivity contribution in [1.82, 2.24) is 20.0 Å². The third-order valence-electron chi connectivity index (χ3n) is 3.25. The molecule has 2 rings (SSSR count). The third-order valence-corrected chi connectivity index (χ3v) is 3.45. The predicted octanol–water partition coefficient (Wildman–Crippen LogP) is 0.644. The zero-order valence-electron chi connectivity index (χ0n) is 12.5. The number of aromatic amines is 2. The molecule has 0 fully saturated rings. The number of hydrogen-bond donors (Lipinski definition) is 3. The van der Waals surface area contributed by atoms with Crippen LogP contribution in [0.15, 0.2) is 22.0 Å². The van der Waals surface area contributed by atoms with Gasteiger partial charge in [0.05, 0.1) is 12.6 Å². The maximum absolute atomic E-state index is 11.8. The van der Waals surface area contributed by atoms with E-state index in [9.17, 15) is 9.59 Å². The zero-order valence-corrected chi connectivity index (χ0v) is 13.3. The Morgan fingerprint density at radius 3 is 2.87 bits per heavy atom. The van der Waals surface area contributed by atoms with Crippen molar-refractivity contribution >= 4 is 24.3 Å². The minimum absolute atomic E-state index is 0.0535. The number of carbonyl (C=O) groups excluding carboxylic acids is 1. The second-order valence-electron chi connectivity index (χ2n) is 4.82. The second-order valence-corrected chi connectivity index (χ2v) is 5.23. The summed E-state index contributed by atoms with van der Waals surface area (Å²) in [6.45, 7) is 1.85. The number of rotatable bonds is 4. The summed E-state index contributed by atoms with van der Waals surface area (Å²) in [6.07, 6.45) is 1.41. The number of amides is 1. The molecule has 0 radical (unpaired) electrons. The SMILES string of the molecule is Cc1c(/C=N\NC(=O)Cc2cc(=O)[nH]c(=S)[nH]2)cc(C#N)n1C. The summed E-state index contributed by atoms with van der Waals surface area (Å²) < 4.78 is 1.90. The minimum atomic E-state index is -0.397. The van der Waals surface area contributed by atoms with Crippen LogP contribution in [0.1, 0.15) is 22.6 Å². The Bertz CT molecular complexity index is 900. The summed E-state index contributed by atoms with van der Waals surface area (Å²) in [6, 6.07) is 5.01. The number of nitriles is 1. The largest absolute Gasteiger partial charge is 0.339 e. The molecule has 118 valence electrons. The third kappa shape index (κ3) is 4.02. The highest BCUT2D eigenvalue weighted by atomic mass is 32.1. The molecule has 0 spiro atoms. The van der Waals surface area contributed by atoms with E-state index in [1.165, 1.54) is 12.3 Å². The van der Waals surface area contributed by atoms with Gasteiger partial charge in [-0.25, -0.2) is 5.43 Å². The Labute approximate surface area is 136 Å². The fraction of sp³-hybridized carbons (Fsp3) is 0.214. The van der Waals surface area contributed by atoms with Crippen LogP contribution in [0.2, 0.25) is 0 Å². The first-order valence-corrected chi connectivity index (χ1v) is 7.02. The Morgan fingerprint density at radius 1 is 1.52 bits per heavy atom. The molecule has 9 heteroatoms. The van der Waals surface area contributed by atoms with E-state index in [1.54, 1.807) is 17.7 Å². The lowest BCUT2D eigenvalue weighted by atomic mass is 10.3. The van der Waals surface area contributed by atoms with E-state index < -0.39 is 5.91 Å². The van der Waals surface area contributed by atoms with Gasteiger partial charge in [-0.1, -0.05) is 0 Å². The van der Waals surface area contributed by atoms with Crippen LogP contribution in [0.4, 0.5) is 0 Å². The van der Waals surface area contributed by atoms with Gasteiger partial charge in [0.25, 0.3) is 5.56 Å². The quantitative estimate of drug-likeness (QED) is 0.433. The van der Waals surface area contributed by atoms with Crippen molar-refractivity contribution in [2.45, 2.75) is 13.3 Å². The van der Waals surface area contributed by atoms with Crippen molar-refractivity contribution in [3.8, 4) is 6.07 Å². The molecule has 8 nitrogen and oxygen atoms in total. The summed E-state index contributed by atoms with van der Waals surface area (Å²) in [7, 11) is 1.78. The summed E-state index contributed by atoms with van der Waals surface area (Å²) in [4.78, 5) is 28.2. The molecular formula is C14H14N6O2S. The Kier molecular flexibility index (Phi) is 4.88. The highest BCUT2D eigenvalue weighted by molar-refractivity contribution is 7.71. The molecule has 0 aliphatic carbocycles. The lowest BCUT2D eigenvalue weighted by molar-refractivity contribution is -0.120. The van der Waals surface area contributed by atoms with Crippen LogP contribution >= 0.6 is 12.2 Å². The van der Waals surface area contributed by atoms with Gasteiger partial charge in [0.1, 0.15) is 11.8 Å². The van der Waals surface area contributed by atoms with Crippen LogP contribution < -0.4 is 11.0 Å². The molecule has 23 heavy (non-hydrogen) atoms. The van der Waals surface area contributed by atoms with Crippen LogP contribution in [-0.2, 0) is 18.3 Å². The molecule has 0 saturated carbocycles. The molecule has 0 aliphatic rings. The first-order chi connectivity index (χ1) is 10.9. The van der Waals surface area contributed by atoms with E-state index in [2.05, 4.69) is 26.6 Å². The summed E-state index contributed by atoms with van der Waals surface area (Å²) in [5, 5.41) is 12.8. The number of hydrogen-bond acceptors (Lipinski definition) is 5. The maximum Gasteiger partial charge on any atom is 0.251 e. The second kappa shape index (κ2) is 6.85. The van der Waals surface area contributed by atoms with Gasteiger partial charge in [-0.2, -0.15) is 10.4 Å². The maximum atomic E-state index is 11.8. The van der Waals surface area contributed by atoms with E-state index in [0.717, 1.165) is 11.3 Å². The normalized spacial score (nSPS) is 10.7. The number of nitrogens with zero attached hydrogens (tertiary/aromatic N) is 3. The van der Waals surface area contributed by atoms with Gasteiger partial charge in [-0.3, -0.25) is 14.6 Å². The van der Waals surface area contributed by atoms with Crippen molar-refractivity contribution in [2.24, 2.45) is 12.1 Å². The van der Waals surface area contributed by atoms with Gasteiger partial charge in [0.15, 0.2) is 4.77 Å². The number of hydrazone groups is 1. The Morgan fingerprint density at radius 2 is 2.26 bits per heavy atom. The molecule has 0 unspecified atom stereocenters. The Hall–Kier alpha value is -2.99. The van der Waals surface area contributed by atoms with E-state index in [-0.39, 0.29) is 16.8 Å². The Balaban J connectivity index is 2.03. The molecule has 0 aromatic carbocycles. The van der Waals surface area contributed by atoms with E-state index in [1.807, 2.05) is 6.92 Å². The van der Waals surface area contributed by atoms with Crippen molar-refractivity contribution in [1.29, 1.82) is 5.26 Å². The van der Waals surface area contributed by atoms with Crippen molar-refractivity contribution in [2.75, 3.05) is 0 Å². The highest BCUT2D eigenvalue weighted by Crippen LogP contribution is 2.10. The van der Waals surface area contributed by atoms with E-state index >= 15 is 0 Å². The molecule has 0 atom stereocenters. The lowest BCUT2D eigenvalue weighted by Crippen LogP contribution is -2.21. The number of carbonyl (C=O) groups is 1. The first kappa shape index (κ1) is 16.4. The average Bonchev–Trinajstić information content (AvgIpc) is 2.74. The van der Waals surface area contributed by atoms with Gasteiger partial charge >= 0.3 is 0 Å². The van der Waals surface area contributed by atoms with Gasteiger partial charge in [0.2, 0.25) is 5.91 Å². The molecule has 0 bridgehead atoms. The highest BCUT2D eigenvalue weighted by Gasteiger charge is 2.07. The number of H-pyrrole nitrogens is 2. The van der Waals surface area contributed by atoms with Crippen molar-refractivity contribution in [3.05, 3.63) is 49.9 Å². The molecule has 2 aromatic heterocycles. The van der Waals surface area contributed by atoms with Crippen LogP contribution in [0.25, 0.3) is 0 Å². The van der Waals surface area contributed by atoms with Crippen molar-refractivity contribution < 1.29 is 4.79 Å². The summed E-state index contributed by atoms with van der Waals surface area (Å²) >= 11 is 4.83. The topological polar surface area (TPSA) is 119 Å². The molecule has 0 aliphatic heterocycles. The van der Waals surface area contributed by atoms with Gasteiger partial charge in [0, 0.05) is 30.1 Å². The lowest BCUT2D eigenvalue weighted by Gasteiger charge is -2.00. The van der Waals surface area contributed by atoms with Gasteiger partial charge in [-0.05, 0) is 25.2 Å². The molecule has 1 amide bonds. The fourth-order valence-corrected chi connectivity index (χ4v) is 2.19. The average molecular weight is 330 g/mol. The smallest absolute Gasteiger partial charge is 0.251 e. The van der Waals surface area contributed by atoms with Crippen LogP contribution in [0.5, 0.6) is 0 Å². The molecule has 0 saturated heterocycles. The summed E-state index contributed by atoms with van der Waals surface area (Å²) in [5.74, 6) is -0.397. The van der Waals surface area contributed by atoms with E-state index in [4.69, 9.17) is 17.5 Å². The van der Waals surface area contributed by atoms with Crippen LogP contribution in [0, 0.1) is 23.0 Å². The van der Waals surface area contributed by atoms with Crippen LogP contribution in [0.3, 0.4) is 0 Å². The fourth-order valence-electron chi connectivity index (χ4n) is 1.96. The predicted molar refractivity (Wildman–Crippen MR) is 86.6 cm³/mol. The van der Waals surface area contributed by atoms with Crippen LogP contribution in [-0.4, -0.2) is 26.7 Å². The molecular weight excluding hydrogens is 316 g/mol. The van der Waals surface area contributed by atoms with Gasteiger partial charge < -0.3 is 9.55 Å². The number of aromatic nitrogens is 3. The van der Waals surface area contributed by atoms with Crippen molar-refractivity contribution in [3.63, 3.8) is 0 Å². The minimum Gasteiger partial charge on any atom is -0.339 e. The molecule has 2 heterocycles. The number of nitrogens with one attached hydrogen (secondary N) is 3. The first-order valence-electron chi connectivity index (χ1n) is 6.61. The summed E-state index contributed by atoms with van der Waals surface area (Å²) in [5.41, 5.74) is 4.49. The standard InChI is InChI=1S/C14H14N6O2S/c1-8-9(3-11(6-15)20(8)2)7-16-19-13(22)5-10-4-12(21)18-14(23)17-10/h3-4,7H,5H2,1-2H3,(H,19,22)(H2,17,18,21,23)/b16-7-. The molecule has 3 N–H and O–H groups in total. The zero-order chi connectivity index (χ0) is 17.0. The van der Waals surface area contributed by atoms with E-state index in [0.29, 0.717) is 11.4 Å². The molecule has 2 aromatic rings. The van der Waals surface area contributed by atoms with Gasteiger partial charge in [-0.15, -0.1) is 0 Å².